The van der Waals surface area contributed by atoms with Crippen LogP contribution in [0.15, 0.2) is 65.1 Å². The van der Waals surface area contributed by atoms with Gasteiger partial charge in [-0.15, -0.1) is 0 Å². The van der Waals surface area contributed by atoms with Gasteiger partial charge in [0.15, 0.2) is 5.76 Å². The third-order valence-electron chi connectivity index (χ3n) is 3.97. The van der Waals surface area contributed by atoms with Gasteiger partial charge < -0.3 is 9.52 Å². The van der Waals surface area contributed by atoms with Crippen molar-refractivity contribution < 1.29 is 23.1 Å². The van der Waals surface area contributed by atoms with Crippen LogP contribution < -0.4 is 0 Å². The minimum atomic E-state index is -1.19. The zero-order valence-corrected chi connectivity index (χ0v) is 13.2. The molecule has 4 rings (SSSR count). The van der Waals surface area contributed by atoms with Crippen LogP contribution in [0.2, 0.25) is 0 Å². The molecule has 0 unspecified atom stereocenters. The summed E-state index contributed by atoms with van der Waals surface area (Å²) in [7, 11) is 0. The first kappa shape index (κ1) is 16.0. The lowest BCUT2D eigenvalue weighted by atomic mass is 10.1. The predicted molar refractivity (Wildman–Crippen MR) is 91.8 cm³/mol. The molecule has 0 atom stereocenters. The normalized spacial score (nSPS) is 11.0. The molecular formula is C20H11F2NO3. The van der Waals surface area contributed by atoms with Gasteiger partial charge in [-0.3, -0.25) is 0 Å². The van der Waals surface area contributed by atoms with Gasteiger partial charge in [0, 0.05) is 10.9 Å². The van der Waals surface area contributed by atoms with Crippen LogP contribution in [-0.4, -0.2) is 16.1 Å². The quantitative estimate of drug-likeness (QED) is 0.555. The summed E-state index contributed by atoms with van der Waals surface area (Å²) in [5, 5.41) is 9.64. The number of hydrogen-bond donors (Lipinski definition) is 1. The van der Waals surface area contributed by atoms with Crippen LogP contribution in [-0.2, 0) is 0 Å². The highest BCUT2D eigenvalue weighted by molar-refractivity contribution is 6.03. The smallest absolute Gasteiger partial charge is 0.336 e. The van der Waals surface area contributed by atoms with Crippen LogP contribution in [0, 0.1) is 11.6 Å². The van der Waals surface area contributed by atoms with Crippen molar-refractivity contribution in [1.29, 1.82) is 0 Å². The maximum absolute atomic E-state index is 13.5. The van der Waals surface area contributed by atoms with Gasteiger partial charge in [-0.05, 0) is 48.5 Å². The number of carbonyl (C=O) groups is 1. The molecule has 0 spiro atoms. The van der Waals surface area contributed by atoms with Crippen molar-refractivity contribution in [3.05, 3.63) is 77.9 Å². The first-order valence-electron chi connectivity index (χ1n) is 7.71. The van der Waals surface area contributed by atoms with Gasteiger partial charge in [0.05, 0.1) is 11.1 Å². The number of nitrogens with zero attached hydrogens (tertiary/aromatic N) is 1. The molecule has 2 heterocycles. The van der Waals surface area contributed by atoms with E-state index in [1.165, 1.54) is 30.3 Å². The molecule has 4 nitrogen and oxygen atoms in total. The Kier molecular flexibility index (Phi) is 3.73. The van der Waals surface area contributed by atoms with Gasteiger partial charge in [-0.1, -0.05) is 12.1 Å². The Bertz CT molecular complexity index is 1150. The number of pyridine rings is 1. The molecule has 4 aromatic rings. The molecule has 0 aliphatic rings. The highest BCUT2D eigenvalue weighted by atomic mass is 19.1. The summed E-state index contributed by atoms with van der Waals surface area (Å²) in [5.41, 5.74) is 1.11. The SMILES string of the molecule is O=C(O)c1cc(-c2ccc(-c3cccc(F)c3)o2)nc2ccc(F)cc12. The van der Waals surface area contributed by atoms with E-state index in [0.717, 1.165) is 6.07 Å². The fourth-order valence-electron chi connectivity index (χ4n) is 2.77. The third-order valence-corrected chi connectivity index (χ3v) is 3.97. The maximum atomic E-state index is 13.5. The summed E-state index contributed by atoms with van der Waals surface area (Å²) >= 11 is 0. The summed E-state index contributed by atoms with van der Waals surface area (Å²) in [4.78, 5) is 15.9. The second-order valence-corrected chi connectivity index (χ2v) is 5.70. The highest BCUT2D eigenvalue weighted by Gasteiger charge is 2.16. The van der Waals surface area contributed by atoms with E-state index in [9.17, 15) is 18.7 Å². The van der Waals surface area contributed by atoms with Crippen molar-refractivity contribution in [1.82, 2.24) is 4.98 Å². The van der Waals surface area contributed by atoms with Crippen LogP contribution in [0.25, 0.3) is 33.7 Å². The molecule has 0 fully saturated rings. The van der Waals surface area contributed by atoms with Gasteiger partial charge in [0.2, 0.25) is 0 Å². The van der Waals surface area contributed by atoms with Gasteiger partial charge in [-0.25, -0.2) is 18.6 Å². The average Bonchev–Trinajstić information content (AvgIpc) is 3.11. The average molecular weight is 351 g/mol. The molecule has 128 valence electrons. The number of halogens is 2. The summed E-state index contributed by atoms with van der Waals surface area (Å²) < 4.78 is 32.6. The van der Waals surface area contributed by atoms with Crippen LogP contribution in [0.1, 0.15) is 10.4 Å². The topological polar surface area (TPSA) is 63.3 Å². The largest absolute Gasteiger partial charge is 0.478 e. The second-order valence-electron chi connectivity index (χ2n) is 5.70. The molecule has 0 aliphatic carbocycles. The first-order chi connectivity index (χ1) is 12.5. The summed E-state index contributed by atoms with van der Waals surface area (Å²) in [5.74, 6) is -1.36. The Labute approximate surface area is 146 Å². The van der Waals surface area contributed by atoms with Crippen molar-refractivity contribution in [3.63, 3.8) is 0 Å². The molecule has 2 aromatic heterocycles. The summed E-state index contributed by atoms with van der Waals surface area (Å²) in [6.07, 6.45) is 0. The van der Waals surface area contributed by atoms with Crippen LogP contribution in [0.4, 0.5) is 8.78 Å². The van der Waals surface area contributed by atoms with Crippen LogP contribution in [0.5, 0.6) is 0 Å². The van der Waals surface area contributed by atoms with E-state index in [2.05, 4.69) is 4.98 Å². The number of furan rings is 1. The van der Waals surface area contributed by atoms with E-state index in [-0.39, 0.29) is 16.8 Å². The lowest BCUT2D eigenvalue weighted by molar-refractivity contribution is 0.0699. The Morgan fingerprint density at radius 2 is 1.69 bits per heavy atom. The van der Waals surface area contributed by atoms with Crippen molar-refractivity contribution in [2.24, 2.45) is 0 Å². The fourth-order valence-corrected chi connectivity index (χ4v) is 2.77. The molecule has 0 saturated heterocycles. The lowest BCUT2D eigenvalue weighted by Gasteiger charge is -2.05. The molecule has 0 amide bonds. The maximum Gasteiger partial charge on any atom is 0.336 e. The number of aromatic carboxylic acids is 1. The molecule has 2 aromatic carbocycles. The van der Waals surface area contributed by atoms with Crippen molar-refractivity contribution in [3.8, 4) is 22.8 Å². The van der Waals surface area contributed by atoms with Crippen molar-refractivity contribution in [2.75, 3.05) is 0 Å². The Morgan fingerprint density at radius 1 is 0.923 bits per heavy atom. The zero-order valence-electron chi connectivity index (χ0n) is 13.2. The minimum absolute atomic E-state index is 0.0757. The molecule has 6 heteroatoms. The zero-order chi connectivity index (χ0) is 18.3. The second kappa shape index (κ2) is 6.07. The molecule has 0 saturated carbocycles. The molecule has 0 radical (unpaired) electrons. The molecule has 26 heavy (non-hydrogen) atoms. The number of fused-ring (bicyclic) bond motifs is 1. The minimum Gasteiger partial charge on any atom is -0.478 e. The Morgan fingerprint density at radius 3 is 2.46 bits per heavy atom. The number of aromatic nitrogens is 1. The first-order valence-corrected chi connectivity index (χ1v) is 7.71. The van der Waals surface area contributed by atoms with Crippen LogP contribution >= 0.6 is 0 Å². The fraction of sp³-hybridized carbons (Fsp3) is 0. The third kappa shape index (κ3) is 2.82. The molecule has 1 N–H and O–H groups in total. The molecular weight excluding hydrogens is 340 g/mol. The van der Waals surface area contributed by atoms with Crippen molar-refractivity contribution >= 4 is 16.9 Å². The van der Waals surface area contributed by atoms with Gasteiger partial charge in [0.25, 0.3) is 0 Å². The number of carboxylic acid groups (broad SMARTS) is 1. The molecule has 0 aliphatic heterocycles. The Balaban J connectivity index is 1.85. The van der Waals surface area contributed by atoms with E-state index in [1.807, 2.05) is 0 Å². The van der Waals surface area contributed by atoms with Gasteiger partial charge in [0.1, 0.15) is 23.1 Å². The van der Waals surface area contributed by atoms with Gasteiger partial charge >= 0.3 is 5.97 Å². The van der Waals surface area contributed by atoms with E-state index in [1.54, 1.807) is 24.3 Å². The standard InChI is InChI=1S/C20H11F2NO3/c21-12-3-1-2-11(8-12)18-6-7-19(26-18)17-10-15(20(24)25)14-9-13(22)4-5-16(14)23-17/h1-10H,(H,24,25). The summed E-state index contributed by atoms with van der Waals surface area (Å²) in [6.45, 7) is 0. The number of benzene rings is 2. The van der Waals surface area contributed by atoms with Crippen LogP contribution in [0.3, 0.4) is 0 Å². The number of rotatable bonds is 3. The van der Waals surface area contributed by atoms with Gasteiger partial charge in [-0.2, -0.15) is 0 Å². The monoisotopic (exact) mass is 351 g/mol. The predicted octanol–water partition coefficient (Wildman–Crippen LogP) is 5.14. The highest BCUT2D eigenvalue weighted by Crippen LogP contribution is 2.30. The molecule has 0 bridgehead atoms. The lowest BCUT2D eigenvalue weighted by Crippen LogP contribution is -2.00. The van der Waals surface area contributed by atoms with E-state index < -0.39 is 11.8 Å². The summed E-state index contributed by atoms with van der Waals surface area (Å²) in [6, 6.07) is 14.3. The number of carboxylic acids is 1. The van der Waals surface area contributed by atoms with E-state index in [4.69, 9.17) is 4.42 Å². The van der Waals surface area contributed by atoms with Crippen molar-refractivity contribution in [2.45, 2.75) is 0 Å². The number of hydrogen-bond acceptors (Lipinski definition) is 3. The van der Waals surface area contributed by atoms with E-state index >= 15 is 0 Å². The van der Waals surface area contributed by atoms with E-state index in [0.29, 0.717) is 28.3 Å². The Hall–Kier alpha value is -3.54.